The normalized spacial score (nSPS) is 24.6. The SMILES string of the molecule is COC(=O)C1CCC2[C@H](C1)C[C@H](O)[C@@H]2NC(=O)c1cc(C(=O)NCc2ccc(F)cc2)nc2c(F)cnn12. The first-order chi connectivity index (χ1) is 18.2. The quantitative estimate of drug-likeness (QED) is 0.418. The number of aliphatic hydroxyl groups excluding tert-OH is 1. The van der Waals surface area contributed by atoms with E-state index in [1.165, 1.54) is 37.4 Å². The predicted octanol–water partition coefficient (Wildman–Crippen LogP) is 2.01. The van der Waals surface area contributed by atoms with Crippen LogP contribution in [0.3, 0.4) is 0 Å². The molecule has 2 aliphatic carbocycles. The minimum atomic E-state index is -0.824. The number of nitrogens with one attached hydrogen (secondary N) is 2. The molecule has 2 fully saturated rings. The highest BCUT2D eigenvalue weighted by atomic mass is 19.1. The number of halogens is 2. The van der Waals surface area contributed by atoms with E-state index < -0.39 is 35.6 Å². The smallest absolute Gasteiger partial charge is 0.308 e. The molecule has 1 aromatic carbocycles. The van der Waals surface area contributed by atoms with Gasteiger partial charge < -0.3 is 20.5 Å². The summed E-state index contributed by atoms with van der Waals surface area (Å²) in [5.41, 5.74) is 0.0198. The number of aromatic nitrogens is 3. The molecule has 3 N–H and O–H groups in total. The Morgan fingerprint density at radius 1 is 1.13 bits per heavy atom. The van der Waals surface area contributed by atoms with Gasteiger partial charge in [-0.1, -0.05) is 12.1 Å². The Balaban J connectivity index is 1.34. The second-order valence-electron chi connectivity index (χ2n) is 9.82. The van der Waals surface area contributed by atoms with E-state index in [0.29, 0.717) is 31.2 Å². The van der Waals surface area contributed by atoms with E-state index in [1.54, 1.807) is 0 Å². The van der Waals surface area contributed by atoms with Gasteiger partial charge in [-0.15, -0.1) is 0 Å². The number of amides is 2. The van der Waals surface area contributed by atoms with E-state index in [4.69, 9.17) is 4.74 Å². The van der Waals surface area contributed by atoms with Crippen LogP contribution in [0.4, 0.5) is 8.78 Å². The fourth-order valence-electron chi connectivity index (χ4n) is 5.67. The summed E-state index contributed by atoms with van der Waals surface area (Å²) in [6.45, 7) is 0.0686. The van der Waals surface area contributed by atoms with Gasteiger partial charge in [0.1, 0.15) is 17.2 Å². The highest BCUT2D eigenvalue weighted by molar-refractivity contribution is 5.98. The van der Waals surface area contributed by atoms with Crippen LogP contribution in [-0.2, 0) is 16.1 Å². The molecule has 0 bridgehead atoms. The lowest BCUT2D eigenvalue weighted by Crippen LogP contribution is -2.46. The molecule has 2 aliphatic rings. The number of fused-ring (bicyclic) bond motifs is 2. The molecule has 2 aromatic heterocycles. The molecule has 5 rings (SSSR count). The van der Waals surface area contributed by atoms with E-state index in [0.717, 1.165) is 10.7 Å². The van der Waals surface area contributed by atoms with Crippen LogP contribution in [0.2, 0.25) is 0 Å². The van der Waals surface area contributed by atoms with Crippen molar-refractivity contribution in [3.8, 4) is 0 Å². The molecule has 3 aromatic rings. The van der Waals surface area contributed by atoms with Crippen LogP contribution in [0.15, 0.2) is 36.5 Å². The van der Waals surface area contributed by atoms with Crippen LogP contribution in [0.5, 0.6) is 0 Å². The Bertz CT molecular complexity index is 1380. The van der Waals surface area contributed by atoms with Crippen molar-refractivity contribution in [2.24, 2.45) is 17.8 Å². The molecule has 38 heavy (non-hydrogen) atoms. The molecular formula is C26H27F2N5O5. The molecule has 0 spiro atoms. The first kappa shape index (κ1) is 25.7. The zero-order valence-corrected chi connectivity index (χ0v) is 20.6. The maximum atomic E-state index is 14.4. The molecule has 12 heteroatoms. The van der Waals surface area contributed by atoms with Crippen LogP contribution in [0, 0.1) is 29.4 Å². The standard InChI is InChI=1S/C26H27F2N5O5/c1-38-26(37)14-4-7-17-15(8-14)9-21(34)22(17)32-25(36)20-10-19(31-23-18(28)12-30-33(20)23)24(35)29-11-13-2-5-16(27)6-3-13/h2-3,5-6,10,12,14-15,17,21-22,34H,4,7-9,11H2,1H3,(H,29,35)(H,32,36)/t14?,15-,17?,21+,22-/m1/s1. The van der Waals surface area contributed by atoms with E-state index in [1.807, 2.05) is 0 Å². The molecule has 0 saturated heterocycles. The van der Waals surface area contributed by atoms with Crippen molar-refractivity contribution < 1.29 is 33.0 Å². The lowest BCUT2D eigenvalue weighted by Gasteiger charge is -2.33. The first-order valence-electron chi connectivity index (χ1n) is 12.4. The highest BCUT2D eigenvalue weighted by Gasteiger charge is 2.47. The number of aliphatic hydroxyl groups is 1. The van der Waals surface area contributed by atoms with Crippen molar-refractivity contribution >= 4 is 23.4 Å². The first-order valence-corrected chi connectivity index (χ1v) is 12.4. The minimum absolute atomic E-state index is 0.0416. The van der Waals surface area contributed by atoms with Crippen molar-refractivity contribution in [2.45, 2.75) is 44.4 Å². The van der Waals surface area contributed by atoms with Gasteiger partial charge in [0.05, 0.1) is 31.4 Å². The summed E-state index contributed by atoms with van der Waals surface area (Å²) in [6.07, 6.45) is 2.30. The number of esters is 1. The van der Waals surface area contributed by atoms with Gasteiger partial charge in [-0.3, -0.25) is 14.4 Å². The summed E-state index contributed by atoms with van der Waals surface area (Å²) < 4.78 is 33.4. The summed E-state index contributed by atoms with van der Waals surface area (Å²) in [7, 11) is 1.35. The van der Waals surface area contributed by atoms with Gasteiger partial charge in [0.2, 0.25) is 0 Å². The summed E-state index contributed by atoms with van der Waals surface area (Å²) >= 11 is 0. The third kappa shape index (κ3) is 4.95. The molecule has 2 heterocycles. The van der Waals surface area contributed by atoms with Crippen molar-refractivity contribution in [2.75, 3.05) is 7.11 Å². The topological polar surface area (TPSA) is 135 Å². The Morgan fingerprint density at radius 3 is 2.63 bits per heavy atom. The van der Waals surface area contributed by atoms with Crippen LogP contribution in [0.1, 0.15) is 52.2 Å². The summed E-state index contributed by atoms with van der Waals surface area (Å²) in [4.78, 5) is 42.2. The molecule has 10 nitrogen and oxygen atoms in total. The zero-order chi connectivity index (χ0) is 27.0. The van der Waals surface area contributed by atoms with E-state index in [9.17, 15) is 28.3 Å². The van der Waals surface area contributed by atoms with Crippen molar-refractivity contribution in [1.29, 1.82) is 0 Å². The predicted molar refractivity (Wildman–Crippen MR) is 129 cm³/mol. The van der Waals surface area contributed by atoms with Crippen molar-refractivity contribution in [1.82, 2.24) is 25.2 Å². The average Bonchev–Trinajstić information content (AvgIpc) is 3.45. The van der Waals surface area contributed by atoms with Crippen molar-refractivity contribution in [3.05, 3.63) is 65.1 Å². The molecule has 0 aliphatic heterocycles. The number of hydrogen-bond acceptors (Lipinski definition) is 7. The third-order valence-electron chi connectivity index (χ3n) is 7.55. The molecule has 2 saturated carbocycles. The molecule has 0 radical (unpaired) electrons. The number of methoxy groups -OCH3 is 1. The Morgan fingerprint density at radius 2 is 1.89 bits per heavy atom. The fraction of sp³-hybridized carbons (Fsp3) is 0.423. The van der Waals surface area contributed by atoms with Crippen LogP contribution >= 0.6 is 0 Å². The van der Waals surface area contributed by atoms with Gasteiger partial charge in [0.25, 0.3) is 11.8 Å². The molecule has 2 unspecified atom stereocenters. The Kier molecular flexibility index (Phi) is 7.06. The summed E-state index contributed by atoms with van der Waals surface area (Å²) in [5.74, 6) is -3.02. The highest BCUT2D eigenvalue weighted by Crippen LogP contribution is 2.45. The van der Waals surface area contributed by atoms with Gasteiger partial charge in [-0.05, 0) is 55.2 Å². The van der Waals surface area contributed by atoms with Crippen LogP contribution < -0.4 is 10.6 Å². The number of hydrogen-bond donors (Lipinski definition) is 3. The van der Waals surface area contributed by atoms with Crippen LogP contribution in [-0.4, -0.2) is 56.7 Å². The molecular weight excluding hydrogens is 500 g/mol. The third-order valence-corrected chi connectivity index (χ3v) is 7.55. The maximum Gasteiger partial charge on any atom is 0.308 e. The lowest BCUT2D eigenvalue weighted by molar-refractivity contribution is -0.147. The largest absolute Gasteiger partial charge is 0.469 e. The number of nitrogens with zero attached hydrogens (tertiary/aromatic N) is 3. The number of ether oxygens (including phenoxy) is 1. The number of benzene rings is 1. The zero-order valence-electron chi connectivity index (χ0n) is 20.6. The fourth-order valence-corrected chi connectivity index (χ4v) is 5.67. The number of carbonyl (C=O) groups excluding carboxylic acids is 3. The monoisotopic (exact) mass is 527 g/mol. The van der Waals surface area contributed by atoms with E-state index >= 15 is 0 Å². The number of rotatable bonds is 6. The van der Waals surface area contributed by atoms with Gasteiger partial charge in [0.15, 0.2) is 11.5 Å². The molecule has 2 amide bonds. The number of carbonyl (C=O) groups is 3. The molecule has 5 atom stereocenters. The molecule has 200 valence electrons. The van der Waals surface area contributed by atoms with E-state index in [-0.39, 0.29) is 47.3 Å². The van der Waals surface area contributed by atoms with Crippen molar-refractivity contribution in [3.63, 3.8) is 0 Å². The van der Waals surface area contributed by atoms with Gasteiger partial charge in [0, 0.05) is 12.6 Å². The van der Waals surface area contributed by atoms with Gasteiger partial charge >= 0.3 is 5.97 Å². The summed E-state index contributed by atoms with van der Waals surface area (Å²) in [5, 5.41) is 20.1. The van der Waals surface area contributed by atoms with Gasteiger partial charge in [-0.2, -0.15) is 5.10 Å². The van der Waals surface area contributed by atoms with E-state index in [2.05, 4.69) is 20.7 Å². The van der Waals surface area contributed by atoms with Gasteiger partial charge in [-0.25, -0.2) is 18.3 Å². The summed E-state index contributed by atoms with van der Waals surface area (Å²) in [6, 6.07) is 6.19. The lowest BCUT2D eigenvalue weighted by atomic mass is 9.75. The Hall–Kier alpha value is -3.93. The second kappa shape index (κ2) is 10.4. The average molecular weight is 528 g/mol. The second-order valence-corrected chi connectivity index (χ2v) is 9.82. The van der Waals surface area contributed by atoms with Crippen LogP contribution in [0.25, 0.3) is 5.65 Å². The maximum absolute atomic E-state index is 14.4. The minimum Gasteiger partial charge on any atom is -0.469 e. The Labute approximate surface area is 216 Å².